The van der Waals surface area contributed by atoms with Crippen molar-refractivity contribution >= 4 is 17.7 Å². The van der Waals surface area contributed by atoms with Crippen LogP contribution in [0.2, 0.25) is 0 Å². The molecule has 0 aliphatic carbocycles. The van der Waals surface area contributed by atoms with Crippen molar-refractivity contribution in [2.75, 3.05) is 33.2 Å². The molecule has 1 saturated heterocycles. The first-order chi connectivity index (χ1) is 8.02. The van der Waals surface area contributed by atoms with Gasteiger partial charge in [0.1, 0.15) is 0 Å². The number of likely N-dealkylation sites (N-methyl/N-ethyl adjacent to an activating group) is 1. The van der Waals surface area contributed by atoms with E-state index in [-0.39, 0.29) is 5.91 Å². The Morgan fingerprint density at radius 2 is 2.06 bits per heavy atom. The molecule has 1 aliphatic heterocycles. The van der Waals surface area contributed by atoms with Crippen LogP contribution in [0.1, 0.15) is 20.3 Å². The highest BCUT2D eigenvalue weighted by atomic mass is 32.2. The van der Waals surface area contributed by atoms with Crippen molar-refractivity contribution in [1.82, 2.24) is 9.80 Å². The summed E-state index contributed by atoms with van der Waals surface area (Å²) in [5.74, 6) is 0.117. The number of thioether (sulfide) groups is 1. The molecule has 2 unspecified atom stereocenters. The summed E-state index contributed by atoms with van der Waals surface area (Å²) in [6.07, 6.45) is 0.408. The molecule has 0 saturated carbocycles. The van der Waals surface area contributed by atoms with E-state index in [1.807, 2.05) is 11.8 Å². The maximum atomic E-state index is 11.9. The summed E-state index contributed by atoms with van der Waals surface area (Å²) >= 11 is 1.98. The fourth-order valence-corrected chi connectivity index (χ4v) is 3.45. The summed E-state index contributed by atoms with van der Waals surface area (Å²) in [7, 11) is 1.77. The van der Waals surface area contributed by atoms with Crippen molar-refractivity contribution in [2.45, 2.75) is 30.8 Å². The minimum atomic E-state index is 0.117. The lowest BCUT2D eigenvalue weighted by atomic mass is 10.3. The molecule has 0 bridgehead atoms. The van der Waals surface area contributed by atoms with Crippen molar-refractivity contribution in [3.05, 3.63) is 0 Å². The summed E-state index contributed by atoms with van der Waals surface area (Å²) in [4.78, 5) is 15.8. The summed E-state index contributed by atoms with van der Waals surface area (Å²) in [6, 6.07) is 2.06. The standard InChI is InChI=1S/C12H21N3OS/c1-10-7-15(8-11(2)17-10)9-12(16)14(3)6-4-5-13/h10-11H,4,6-9H2,1-3H3. The number of carbonyl (C=O) groups is 1. The Bertz CT molecular complexity index is 293. The Kier molecular flexibility index (Phi) is 5.79. The average molecular weight is 255 g/mol. The second-order valence-electron chi connectivity index (χ2n) is 4.67. The van der Waals surface area contributed by atoms with Gasteiger partial charge in [0.15, 0.2) is 0 Å². The molecule has 0 spiro atoms. The monoisotopic (exact) mass is 255 g/mol. The Hall–Kier alpha value is -0.730. The third-order valence-corrected chi connectivity index (χ3v) is 4.07. The Labute approximate surface area is 108 Å². The van der Waals surface area contributed by atoms with Gasteiger partial charge >= 0.3 is 0 Å². The zero-order valence-electron chi connectivity index (χ0n) is 10.8. The van der Waals surface area contributed by atoms with Crippen LogP contribution in [0.4, 0.5) is 0 Å². The minimum Gasteiger partial charge on any atom is -0.344 e. The topological polar surface area (TPSA) is 47.3 Å². The second kappa shape index (κ2) is 6.87. The third-order valence-electron chi connectivity index (χ3n) is 2.84. The summed E-state index contributed by atoms with van der Waals surface area (Å²) in [5, 5.41) is 9.67. The molecule has 0 aromatic heterocycles. The van der Waals surface area contributed by atoms with Crippen molar-refractivity contribution in [3.8, 4) is 6.07 Å². The van der Waals surface area contributed by atoms with Crippen LogP contribution in [0.25, 0.3) is 0 Å². The van der Waals surface area contributed by atoms with Gasteiger partial charge in [-0.25, -0.2) is 0 Å². The maximum absolute atomic E-state index is 11.9. The molecule has 2 atom stereocenters. The number of amides is 1. The SMILES string of the molecule is CC1CN(CC(=O)N(C)CCC#N)CC(C)S1. The molecule has 17 heavy (non-hydrogen) atoms. The van der Waals surface area contributed by atoms with E-state index < -0.39 is 0 Å². The van der Waals surface area contributed by atoms with E-state index in [1.165, 1.54) is 0 Å². The van der Waals surface area contributed by atoms with Gasteiger partial charge in [0.25, 0.3) is 0 Å². The first kappa shape index (κ1) is 14.3. The van der Waals surface area contributed by atoms with Crippen LogP contribution < -0.4 is 0 Å². The number of carbonyl (C=O) groups excluding carboxylic acids is 1. The summed E-state index contributed by atoms with van der Waals surface area (Å²) in [5.41, 5.74) is 0. The van der Waals surface area contributed by atoms with Gasteiger partial charge in [-0.2, -0.15) is 17.0 Å². The second-order valence-corrected chi connectivity index (χ2v) is 6.56. The molecule has 1 amide bonds. The van der Waals surface area contributed by atoms with E-state index in [2.05, 4.69) is 24.8 Å². The molecule has 5 heteroatoms. The normalized spacial score (nSPS) is 25.3. The molecule has 1 fully saturated rings. The van der Waals surface area contributed by atoms with Crippen LogP contribution in [0.15, 0.2) is 0 Å². The molecular formula is C12H21N3OS. The quantitative estimate of drug-likeness (QED) is 0.757. The smallest absolute Gasteiger partial charge is 0.236 e. The molecule has 1 rings (SSSR count). The van der Waals surface area contributed by atoms with Crippen LogP contribution in [0.5, 0.6) is 0 Å². The third kappa shape index (κ3) is 4.97. The predicted molar refractivity (Wildman–Crippen MR) is 70.8 cm³/mol. The fourth-order valence-electron chi connectivity index (χ4n) is 2.07. The Morgan fingerprint density at radius 1 is 1.47 bits per heavy atom. The van der Waals surface area contributed by atoms with Crippen molar-refractivity contribution < 1.29 is 4.79 Å². The number of nitriles is 1. The first-order valence-corrected chi connectivity index (χ1v) is 6.96. The van der Waals surface area contributed by atoms with Crippen molar-refractivity contribution in [1.29, 1.82) is 5.26 Å². The lowest BCUT2D eigenvalue weighted by Gasteiger charge is -2.34. The van der Waals surface area contributed by atoms with E-state index in [0.717, 1.165) is 13.1 Å². The number of hydrogen-bond donors (Lipinski definition) is 0. The highest BCUT2D eigenvalue weighted by Gasteiger charge is 2.24. The number of rotatable bonds is 4. The van der Waals surface area contributed by atoms with Gasteiger partial charge in [0.2, 0.25) is 5.91 Å². The molecule has 0 aromatic carbocycles. The molecule has 1 aliphatic rings. The van der Waals surface area contributed by atoms with Crippen LogP contribution in [-0.2, 0) is 4.79 Å². The van der Waals surface area contributed by atoms with Crippen LogP contribution >= 0.6 is 11.8 Å². The van der Waals surface area contributed by atoms with Crippen LogP contribution in [0, 0.1) is 11.3 Å². The van der Waals surface area contributed by atoms with E-state index in [1.54, 1.807) is 11.9 Å². The maximum Gasteiger partial charge on any atom is 0.236 e. The average Bonchev–Trinajstić information content (AvgIpc) is 2.24. The van der Waals surface area contributed by atoms with E-state index in [4.69, 9.17) is 5.26 Å². The van der Waals surface area contributed by atoms with E-state index >= 15 is 0 Å². The van der Waals surface area contributed by atoms with Crippen molar-refractivity contribution in [2.24, 2.45) is 0 Å². The molecule has 0 aromatic rings. The van der Waals surface area contributed by atoms with Gasteiger partial charge in [-0.05, 0) is 0 Å². The molecule has 0 N–H and O–H groups in total. The van der Waals surface area contributed by atoms with E-state index in [9.17, 15) is 4.79 Å². The van der Waals surface area contributed by atoms with Crippen LogP contribution in [-0.4, -0.2) is 59.4 Å². The summed E-state index contributed by atoms with van der Waals surface area (Å²) < 4.78 is 0. The molecule has 1 heterocycles. The van der Waals surface area contributed by atoms with Crippen molar-refractivity contribution in [3.63, 3.8) is 0 Å². The highest BCUT2D eigenvalue weighted by molar-refractivity contribution is 8.00. The van der Waals surface area contributed by atoms with Gasteiger partial charge in [-0.3, -0.25) is 9.69 Å². The van der Waals surface area contributed by atoms with Crippen LogP contribution in [0.3, 0.4) is 0 Å². The van der Waals surface area contributed by atoms with Gasteiger partial charge in [-0.1, -0.05) is 13.8 Å². The lowest BCUT2D eigenvalue weighted by Crippen LogP contribution is -2.46. The Balaban J connectivity index is 2.37. The fraction of sp³-hybridized carbons (Fsp3) is 0.833. The van der Waals surface area contributed by atoms with Gasteiger partial charge in [0, 0.05) is 37.2 Å². The zero-order valence-corrected chi connectivity index (χ0v) is 11.7. The van der Waals surface area contributed by atoms with Gasteiger partial charge in [-0.15, -0.1) is 0 Å². The van der Waals surface area contributed by atoms with Gasteiger partial charge < -0.3 is 4.90 Å². The van der Waals surface area contributed by atoms with Gasteiger partial charge in [0.05, 0.1) is 19.0 Å². The Morgan fingerprint density at radius 3 is 2.59 bits per heavy atom. The molecular weight excluding hydrogens is 234 g/mol. The zero-order chi connectivity index (χ0) is 12.8. The lowest BCUT2D eigenvalue weighted by molar-refractivity contribution is -0.131. The molecule has 4 nitrogen and oxygen atoms in total. The number of hydrogen-bond acceptors (Lipinski definition) is 4. The largest absolute Gasteiger partial charge is 0.344 e. The molecule has 0 radical (unpaired) electrons. The summed E-state index contributed by atoms with van der Waals surface area (Å²) in [6.45, 7) is 7.38. The minimum absolute atomic E-state index is 0.117. The first-order valence-electron chi connectivity index (χ1n) is 6.01. The number of nitrogens with zero attached hydrogens (tertiary/aromatic N) is 3. The predicted octanol–water partition coefficient (Wildman–Crippen LogP) is 1.18. The van der Waals surface area contributed by atoms with E-state index in [0.29, 0.717) is 30.0 Å². The molecule has 96 valence electrons. The highest BCUT2D eigenvalue weighted by Crippen LogP contribution is 2.24.